The summed E-state index contributed by atoms with van der Waals surface area (Å²) < 4.78 is 69.4. The maximum Gasteiger partial charge on any atom is 0.422 e. The van der Waals surface area contributed by atoms with Gasteiger partial charge in [0.2, 0.25) is 0 Å². The molecule has 0 unspecified atom stereocenters. The number of hydrogen-bond acceptors (Lipinski definition) is 1. The molecular formula is C23H31F5O. The van der Waals surface area contributed by atoms with Crippen LogP contribution in [0.5, 0.6) is 5.75 Å². The van der Waals surface area contributed by atoms with E-state index in [2.05, 4.69) is 11.7 Å². The van der Waals surface area contributed by atoms with Crippen LogP contribution in [0.1, 0.15) is 82.6 Å². The number of hydrogen-bond donors (Lipinski definition) is 0. The molecule has 0 spiro atoms. The molecular weight excluding hydrogens is 387 g/mol. The van der Waals surface area contributed by atoms with Crippen molar-refractivity contribution in [3.8, 4) is 5.75 Å². The Morgan fingerprint density at radius 2 is 1.38 bits per heavy atom. The first-order valence-electron chi connectivity index (χ1n) is 10.9. The number of ether oxygens (including phenoxy) is 1. The molecule has 0 saturated heterocycles. The van der Waals surface area contributed by atoms with Gasteiger partial charge in [0.05, 0.1) is 0 Å². The van der Waals surface area contributed by atoms with Crippen molar-refractivity contribution in [3.05, 3.63) is 29.3 Å². The Balaban J connectivity index is 1.54. The van der Waals surface area contributed by atoms with Crippen molar-refractivity contribution in [1.29, 1.82) is 0 Å². The maximum atomic E-state index is 14.2. The molecule has 0 radical (unpaired) electrons. The van der Waals surface area contributed by atoms with Crippen LogP contribution in [-0.4, -0.2) is 12.8 Å². The minimum Gasteiger partial charge on any atom is -0.478 e. The highest BCUT2D eigenvalue weighted by Gasteiger charge is 2.33. The monoisotopic (exact) mass is 418 g/mol. The largest absolute Gasteiger partial charge is 0.478 e. The van der Waals surface area contributed by atoms with Crippen molar-refractivity contribution in [1.82, 2.24) is 0 Å². The van der Waals surface area contributed by atoms with E-state index in [0.717, 1.165) is 49.7 Å². The Morgan fingerprint density at radius 3 is 1.86 bits per heavy atom. The molecule has 0 amide bonds. The van der Waals surface area contributed by atoms with Gasteiger partial charge in [0.15, 0.2) is 24.0 Å². The molecule has 164 valence electrons. The Kier molecular flexibility index (Phi) is 7.44. The van der Waals surface area contributed by atoms with Gasteiger partial charge >= 0.3 is 6.18 Å². The van der Waals surface area contributed by atoms with Gasteiger partial charge in [-0.3, -0.25) is 0 Å². The average Bonchev–Trinajstić information content (AvgIpc) is 2.67. The van der Waals surface area contributed by atoms with E-state index < -0.39 is 30.2 Å². The first-order chi connectivity index (χ1) is 13.8. The van der Waals surface area contributed by atoms with Gasteiger partial charge in [0, 0.05) is 0 Å². The lowest BCUT2D eigenvalue weighted by atomic mass is 9.68. The van der Waals surface area contributed by atoms with Crippen LogP contribution in [0.4, 0.5) is 22.0 Å². The summed E-state index contributed by atoms with van der Waals surface area (Å²) in [6.45, 7) is 0.541. The predicted molar refractivity (Wildman–Crippen MR) is 103 cm³/mol. The second-order valence-corrected chi connectivity index (χ2v) is 8.90. The van der Waals surface area contributed by atoms with E-state index in [-0.39, 0.29) is 5.92 Å². The van der Waals surface area contributed by atoms with Crippen molar-refractivity contribution in [3.63, 3.8) is 0 Å². The molecule has 6 heteroatoms. The summed E-state index contributed by atoms with van der Waals surface area (Å²) in [5.41, 5.74) is 0.532. The molecule has 2 aliphatic rings. The molecule has 2 aliphatic carbocycles. The Bertz CT molecular complexity index is 633. The van der Waals surface area contributed by atoms with Gasteiger partial charge in [-0.25, -0.2) is 8.78 Å². The SMILES string of the molecule is CCCC1CCC(C2CCC(c3cc(F)c(OCC(F)(F)F)c(F)c3)CC2)CC1. The van der Waals surface area contributed by atoms with Crippen LogP contribution in [0.3, 0.4) is 0 Å². The summed E-state index contributed by atoms with van der Waals surface area (Å²) in [6, 6.07) is 2.30. The third kappa shape index (κ3) is 6.08. The molecule has 0 N–H and O–H groups in total. The lowest BCUT2D eigenvalue weighted by Gasteiger charge is -2.38. The minimum atomic E-state index is -4.63. The van der Waals surface area contributed by atoms with Gasteiger partial charge in [0.1, 0.15) is 0 Å². The summed E-state index contributed by atoms with van der Waals surface area (Å²) >= 11 is 0. The highest BCUT2D eigenvalue weighted by Crippen LogP contribution is 2.45. The van der Waals surface area contributed by atoms with Gasteiger partial charge in [-0.15, -0.1) is 0 Å². The molecule has 0 atom stereocenters. The van der Waals surface area contributed by atoms with Gasteiger partial charge in [0.25, 0.3) is 0 Å². The quantitative estimate of drug-likeness (QED) is 0.429. The van der Waals surface area contributed by atoms with E-state index in [1.807, 2.05) is 0 Å². The summed E-state index contributed by atoms with van der Waals surface area (Å²) in [4.78, 5) is 0. The topological polar surface area (TPSA) is 9.23 Å². The van der Waals surface area contributed by atoms with E-state index in [1.54, 1.807) is 0 Å². The van der Waals surface area contributed by atoms with Gasteiger partial charge < -0.3 is 4.74 Å². The van der Waals surface area contributed by atoms with E-state index >= 15 is 0 Å². The summed E-state index contributed by atoms with van der Waals surface area (Å²) in [5, 5.41) is 0. The smallest absolute Gasteiger partial charge is 0.422 e. The molecule has 1 aromatic carbocycles. The van der Waals surface area contributed by atoms with E-state index in [0.29, 0.717) is 11.5 Å². The van der Waals surface area contributed by atoms with Crippen LogP contribution in [0, 0.1) is 29.4 Å². The molecule has 29 heavy (non-hydrogen) atoms. The molecule has 2 fully saturated rings. The molecule has 0 bridgehead atoms. The molecule has 1 aromatic rings. The standard InChI is InChI=1S/C23H31F5O/c1-2-3-15-4-6-16(7-5-15)17-8-10-18(11-9-17)19-12-20(24)22(21(25)13-19)29-14-23(26,27)28/h12-13,15-18H,2-11,14H2,1H3. The molecule has 0 aromatic heterocycles. The van der Waals surface area contributed by atoms with Crippen molar-refractivity contribution in [2.75, 3.05) is 6.61 Å². The molecule has 3 rings (SSSR count). The van der Waals surface area contributed by atoms with Crippen molar-refractivity contribution < 1.29 is 26.7 Å². The first kappa shape index (κ1) is 22.4. The highest BCUT2D eigenvalue weighted by atomic mass is 19.4. The third-order valence-electron chi connectivity index (χ3n) is 6.90. The van der Waals surface area contributed by atoms with E-state index in [4.69, 9.17) is 0 Å². The fraction of sp³-hybridized carbons (Fsp3) is 0.739. The zero-order valence-corrected chi connectivity index (χ0v) is 17.0. The molecule has 1 nitrogen and oxygen atoms in total. The Hall–Kier alpha value is -1.33. The number of alkyl halides is 3. The van der Waals surface area contributed by atoms with E-state index in [1.165, 1.54) is 38.5 Å². The number of halogens is 5. The molecule has 0 heterocycles. The van der Waals surface area contributed by atoms with Crippen LogP contribution in [0.25, 0.3) is 0 Å². The van der Waals surface area contributed by atoms with Crippen LogP contribution in [0.2, 0.25) is 0 Å². The van der Waals surface area contributed by atoms with E-state index in [9.17, 15) is 22.0 Å². The molecule has 2 saturated carbocycles. The summed E-state index contributed by atoms with van der Waals surface area (Å²) in [5.74, 6) is -0.640. The second-order valence-electron chi connectivity index (χ2n) is 8.90. The first-order valence-corrected chi connectivity index (χ1v) is 10.9. The van der Waals surface area contributed by atoms with Crippen LogP contribution < -0.4 is 4.74 Å². The normalized spacial score (nSPS) is 28.3. The molecule has 0 aliphatic heterocycles. The lowest BCUT2D eigenvalue weighted by molar-refractivity contribution is -0.154. The average molecular weight is 418 g/mol. The van der Waals surface area contributed by atoms with Crippen LogP contribution >= 0.6 is 0 Å². The predicted octanol–water partition coefficient (Wildman–Crippen LogP) is 7.79. The lowest BCUT2D eigenvalue weighted by Crippen LogP contribution is -2.25. The van der Waals surface area contributed by atoms with Crippen molar-refractivity contribution in [2.45, 2.75) is 83.2 Å². The maximum absolute atomic E-state index is 14.2. The van der Waals surface area contributed by atoms with Crippen molar-refractivity contribution in [2.24, 2.45) is 17.8 Å². The second kappa shape index (κ2) is 9.65. The number of benzene rings is 1. The third-order valence-corrected chi connectivity index (χ3v) is 6.90. The van der Waals surface area contributed by atoms with Crippen LogP contribution in [0.15, 0.2) is 12.1 Å². The van der Waals surface area contributed by atoms with Crippen LogP contribution in [-0.2, 0) is 0 Å². The minimum absolute atomic E-state index is 0.0587. The summed E-state index contributed by atoms with van der Waals surface area (Å²) in [7, 11) is 0. The zero-order chi connectivity index (χ0) is 21.0. The zero-order valence-electron chi connectivity index (χ0n) is 17.0. The summed E-state index contributed by atoms with van der Waals surface area (Å²) in [6.07, 6.45) is 7.08. The van der Waals surface area contributed by atoms with Crippen molar-refractivity contribution >= 4 is 0 Å². The Morgan fingerprint density at radius 1 is 0.862 bits per heavy atom. The fourth-order valence-corrected chi connectivity index (χ4v) is 5.39. The van der Waals surface area contributed by atoms with Gasteiger partial charge in [-0.2, -0.15) is 13.2 Å². The highest BCUT2D eigenvalue weighted by molar-refractivity contribution is 5.33. The Labute approximate surface area is 170 Å². The van der Waals surface area contributed by atoms with Gasteiger partial charge in [-0.1, -0.05) is 32.6 Å². The van der Waals surface area contributed by atoms with Gasteiger partial charge in [-0.05, 0) is 79.9 Å². The number of rotatable bonds is 6. The fourth-order valence-electron chi connectivity index (χ4n) is 5.39.